The number of hydrogen-bond donors (Lipinski definition) is 3. The van der Waals surface area contributed by atoms with Crippen molar-refractivity contribution in [1.82, 2.24) is 21.1 Å². The van der Waals surface area contributed by atoms with Gasteiger partial charge in [-0.3, -0.25) is 15.6 Å². The first-order valence-electron chi connectivity index (χ1n) is 8.58. The van der Waals surface area contributed by atoms with Crippen molar-refractivity contribution >= 4 is 17.5 Å². The Labute approximate surface area is 150 Å². The third-order valence-corrected chi connectivity index (χ3v) is 5.25. The number of benzene rings is 1. The standard InChI is InChI=1S/C18H29ClN4O/c1-12-14(13(2)22-21-12)9-10-18(24)20-11-17(23(3)4)15-7-5-6-8-16(15)19/h5-8,12-14,17,21-22H,9-11H2,1-4H3,(H,20,24). The van der Waals surface area contributed by atoms with Crippen LogP contribution >= 0.6 is 11.6 Å². The van der Waals surface area contributed by atoms with Crippen LogP contribution in [0.5, 0.6) is 0 Å². The van der Waals surface area contributed by atoms with Gasteiger partial charge in [0.1, 0.15) is 0 Å². The van der Waals surface area contributed by atoms with Crippen molar-refractivity contribution in [3.8, 4) is 0 Å². The highest BCUT2D eigenvalue weighted by Crippen LogP contribution is 2.25. The molecule has 5 nitrogen and oxygen atoms in total. The molecule has 1 aliphatic rings. The molecule has 3 unspecified atom stereocenters. The van der Waals surface area contributed by atoms with Gasteiger partial charge in [0.2, 0.25) is 5.91 Å². The lowest BCUT2D eigenvalue weighted by Crippen LogP contribution is -2.35. The molecule has 1 fully saturated rings. The molecule has 134 valence electrons. The third kappa shape index (κ3) is 4.93. The Hall–Kier alpha value is -1.14. The molecule has 1 aliphatic heterocycles. The van der Waals surface area contributed by atoms with Gasteiger partial charge in [-0.25, -0.2) is 0 Å². The van der Waals surface area contributed by atoms with E-state index in [4.69, 9.17) is 11.6 Å². The summed E-state index contributed by atoms with van der Waals surface area (Å²) in [5, 5.41) is 3.80. The summed E-state index contributed by atoms with van der Waals surface area (Å²) < 4.78 is 0. The Kier molecular flexibility index (Phi) is 7.04. The summed E-state index contributed by atoms with van der Waals surface area (Å²) >= 11 is 6.30. The molecule has 1 aromatic carbocycles. The zero-order chi connectivity index (χ0) is 17.7. The fourth-order valence-electron chi connectivity index (χ4n) is 3.32. The van der Waals surface area contributed by atoms with Gasteiger partial charge < -0.3 is 10.2 Å². The average molecular weight is 353 g/mol. The molecule has 0 aromatic heterocycles. The highest BCUT2D eigenvalue weighted by molar-refractivity contribution is 6.31. The molecule has 2 rings (SSSR count). The molecular formula is C18H29ClN4O. The van der Waals surface area contributed by atoms with Gasteiger partial charge in [0.15, 0.2) is 0 Å². The normalized spacial score (nSPS) is 25.0. The van der Waals surface area contributed by atoms with E-state index in [0.717, 1.165) is 17.0 Å². The summed E-state index contributed by atoms with van der Waals surface area (Å²) in [4.78, 5) is 14.3. The highest BCUT2D eigenvalue weighted by atomic mass is 35.5. The molecule has 0 aliphatic carbocycles. The topological polar surface area (TPSA) is 56.4 Å². The maximum Gasteiger partial charge on any atom is 0.220 e. The van der Waals surface area contributed by atoms with Gasteiger partial charge >= 0.3 is 0 Å². The Morgan fingerprint density at radius 3 is 2.46 bits per heavy atom. The molecule has 1 saturated heterocycles. The van der Waals surface area contributed by atoms with Gasteiger partial charge in [-0.2, -0.15) is 0 Å². The van der Waals surface area contributed by atoms with Crippen LogP contribution in [0.25, 0.3) is 0 Å². The van der Waals surface area contributed by atoms with E-state index in [0.29, 0.717) is 31.0 Å². The van der Waals surface area contributed by atoms with E-state index in [1.165, 1.54) is 0 Å². The van der Waals surface area contributed by atoms with Crippen LogP contribution in [0.2, 0.25) is 5.02 Å². The number of amides is 1. The van der Waals surface area contributed by atoms with Crippen LogP contribution in [0.4, 0.5) is 0 Å². The highest BCUT2D eigenvalue weighted by Gasteiger charge is 2.29. The first-order valence-corrected chi connectivity index (χ1v) is 8.96. The van der Waals surface area contributed by atoms with Crippen LogP contribution in [0.3, 0.4) is 0 Å². The van der Waals surface area contributed by atoms with E-state index in [1.807, 2.05) is 38.4 Å². The number of likely N-dealkylation sites (N-methyl/N-ethyl adjacent to an activating group) is 1. The van der Waals surface area contributed by atoms with Crippen LogP contribution in [0, 0.1) is 5.92 Å². The molecule has 3 N–H and O–H groups in total. The molecule has 1 heterocycles. The van der Waals surface area contributed by atoms with Crippen LogP contribution in [-0.2, 0) is 4.79 Å². The number of carbonyl (C=O) groups is 1. The molecule has 3 atom stereocenters. The molecule has 0 radical (unpaired) electrons. The molecule has 1 amide bonds. The molecule has 6 heteroatoms. The minimum absolute atomic E-state index is 0.0651. The molecule has 0 spiro atoms. The lowest BCUT2D eigenvalue weighted by molar-refractivity contribution is -0.121. The van der Waals surface area contributed by atoms with Crippen molar-refractivity contribution in [2.24, 2.45) is 5.92 Å². The predicted molar refractivity (Wildman–Crippen MR) is 98.8 cm³/mol. The van der Waals surface area contributed by atoms with Gasteiger partial charge in [-0.15, -0.1) is 0 Å². The van der Waals surface area contributed by atoms with E-state index in [-0.39, 0.29) is 11.9 Å². The van der Waals surface area contributed by atoms with Crippen molar-refractivity contribution in [2.45, 2.75) is 44.8 Å². The largest absolute Gasteiger partial charge is 0.354 e. The minimum atomic E-state index is 0.0651. The Bertz CT molecular complexity index is 542. The zero-order valence-corrected chi connectivity index (χ0v) is 15.7. The molecule has 24 heavy (non-hydrogen) atoms. The van der Waals surface area contributed by atoms with Crippen molar-refractivity contribution < 1.29 is 4.79 Å². The maximum atomic E-state index is 12.3. The average Bonchev–Trinajstić information content (AvgIpc) is 2.85. The van der Waals surface area contributed by atoms with E-state index in [1.54, 1.807) is 0 Å². The van der Waals surface area contributed by atoms with Gasteiger partial charge in [-0.05, 0) is 51.9 Å². The first-order chi connectivity index (χ1) is 11.4. The van der Waals surface area contributed by atoms with Crippen LogP contribution in [0.15, 0.2) is 24.3 Å². The van der Waals surface area contributed by atoms with Crippen LogP contribution < -0.4 is 16.2 Å². The van der Waals surface area contributed by atoms with Gasteiger partial charge in [-0.1, -0.05) is 29.8 Å². The van der Waals surface area contributed by atoms with Crippen molar-refractivity contribution in [3.05, 3.63) is 34.9 Å². The fourth-order valence-corrected chi connectivity index (χ4v) is 3.58. The van der Waals surface area contributed by atoms with Crippen LogP contribution in [0.1, 0.15) is 38.3 Å². The fraction of sp³-hybridized carbons (Fsp3) is 0.611. The number of hydrogen-bond acceptors (Lipinski definition) is 4. The lowest BCUT2D eigenvalue weighted by atomic mass is 9.91. The predicted octanol–water partition coefficient (Wildman–Crippen LogP) is 2.34. The van der Waals surface area contributed by atoms with Crippen molar-refractivity contribution in [2.75, 3.05) is 20.6 Å². The summed E-state index contributed by atoms with van der Waals surface area (Å²) in [6.07, 6.45) is 1.43. The maximum absolute atomic E-state index is 12.3. The van der Waals surface area contributed by atoms with E-state index < -0.39 is 0 Å². The first kappa shape index (κ1) is 19.2. The molecule has 0 saturated carbocycles. The number of nitrogens with one attached hydrogen (secondary N) is 3. The number of carbonyl (C=O) groups excluding carboxylic acids is 1. The SMILES string of the molecule is CC1NNC(C)C1CCC(=O)NCC(c1ccccc1Cl)N(C)C. The second kappa shape index (κ2) is 8.81. The lowest BCUT2D eigenvalue weighted by Gasteiger charge is -2.26. The Morgan fingerprint density at radius 1 is 1.25 bits per heavy atom. The van der Waals surface area contributed by atoms with Crippen molar-refractivity contribution in [1.29, 1.82) is 0 Å². The second-order valence-corrected chi connectivity index (χ2v) is 7.28. The third-order valence-electron chi connectivity index (χ3n) is 4.91. The monoisotopic (exact) mass is 352 g/mol. The Balaban J connectivity index is 1.86. The summed E-state index contributed by atoms with van der Waals surface area (Å²) in [5.74, 6) is 0.573. The van der Waals surface area contributed by atoms with E-state index in [2.05, 4.69) is 34.9 Å². The minimum Gasteiger partial charge on any atom is -0.354 e. The molecule has 0 bridgehead atoms. The number of halogens is 1. The van der Waals surface area contributed by atoms with Crippen LogP contribution in [-0.4, -0.2) is 43.5 Å². The summed E-state index contributed by atoms with van der Waals surface area (Å²) in [6.45, 7) is 4.86. The quantitative estimate of drug-likeness (QED) is 0.705. The zero-order valence-electron chi connectivity index (χ0n) is 15.0. The van der Waals surface area contributed by atoms with E-state index >= 15 is 0 Å². The van der Waals surface area contributed by atoms with Gasteiger partial charge in [0, 0.05) is 30.1 Å². The van der Waals surface area contributed by atoms with Gasteiger partial charge in [0.25, 0.3) is 0 Å². The number of nitrogens with zero attached hydrogens (tertiary/aromatic N) is 1. The number of hydrazine groups is 1. The van der Waals surface area contributed by atoms with Gasteiger partial charge in [0.05, 0.1) is 6.04 Å². The summed E-state index contributed by atoms with van der Waals surface area (Å²) in [6, 6.07) is 8.65. The van der Waals surface area contributed by atoms with Crippen molar-refractivity contribution in [3.63, 3.8) is 0 Å². The smallest absolute Gasteiger partial charge is 0.220 e. The van der Waals surface area contributed by atoms with E-state index in [9.17, 15) is 4.79 Å². The number of rotatable bonds is 7. The second-order valence-electron chi connectivity index (χ2n) is 6.87. The summed E-state index contributed by atoms with van der Waals surface area (Å²) in [7, 11) is 4.00. The molecule has 1 aromatic rings. The molecular weight excluding hydrogens is 324 g/mol. The Morgan fingerprint density at radius 2 is 1.88 bits per heavy atom. The summed E-state index contributed by atoms with van der Waals surface area (Å²) in [5.41, 5.74) is 7.50.